The number of hydrogen-bond donors (Lipinski definition) is 0. The van der Waals surface area contributed by atoms with E-state index in [1.807, 2.05) is 6.92 Å². The monoisotopic (exact) mass is 210 g/mol. The van der Waals surface area contributed by atoms with E-state index in [4.69, 9.17) is 4.74 Å². The van der Waals surface area contributed by atoms with E-state index in [1.54, 1.807) is 7.11 Å². The predicted molar refractivity (Wildman–Crippen MR) is 64.4 cm³/mol. The van der Waals surface area contributed by atoms with E-state index in [0.717, 1.165) is 5.90 Å². The van der Waals surface area contributed by atoms with Crippen LogP contribution in [0.15, 0.2) is 11.6 Å². The van der Waals surface area contributed by atoms with Crippen molar-refractivity contribution in [3.8, 4) is 0 Å². The Labute approximate surface area is 93.6 Å². The number of ether oxygens (including phenoxy) is 1. The van der Waals surface area contributed by atoms with Crippen LogP contribution in [0.3, 0.4) is 0 Å². The number of hydrogen-bond acceptors (Lipinski definition) is 1. The highest BCUT2D eigenvalue weighted by Crippen LogP contribution is 2.62. The van der Waals surface area contributed by atoms with Gasteiger partial charge in [0.2, 0.25) is 0 Å². The Hall–Kier alpha value is -0.790. The summed E-state index contributed by atoms with van der Waals surface area (Å²) in [5, 5.41) is 0. The molecule has 1 rings (SSSR count). The Morgan fingerprint density at radius 3 is 2.27 bits per heavy atom. The fourth-order valence-electron chi connectivity index (χ4n) is 2.50. The molecule has 0 radical (unpaired) electrons. The minimum Gasteiger partial charge on any atom is -0.452 e. The molecule has 2 unspecified atom stereocenters. The lowest BCUT2D eigenvalue weighted by molar-refractivity contribution is -0.564. The number of methoxy groups -OCH3 is 1. The average Bonchev–Trinajstić information content (AvgIpc) is 2.81. The summed E-state index contributed by atoms with van der Waals surface area (Å²) in [6.07, 6.45) is 3.43. The maximum Gasteiger partial charge on any atom is 0.333 e. The molecule has 0 bridgehead atoms. The van der Waals surface area contributed by atoms with Gasteiger partial charge < -0.3 is 4.74 Å². The molecule has 0 aromatic rings. The van der Waals surface area contributed by atoms with E-state index in [0.29, 0.717) is 5.41 Å². The van der Waals surface area contributed by atoms with Gasteiger partial charge in [0, 0.05) is 13.3 Å². The molecular weight excluding hydrogens is 186 g/mol. The summed E-state index contributed by atoms with van der Waals surface area (Å²) >= 11 is 0. The molecule has 0 spiro atoms. The third-order valence-corrected chi connectivity index (χ3v) is 4.57. The molecule has 0 aliphatic heterocycles. The average molecular weight is 210 g/mol. The lowest BCUT2D eigenvalue weighted by Crippen LogP contribution is -2.33. The smallest absolute Gasteiger partial charge is 0.333 e. The zero-order valence-electron chi connectivity index (χ0n) is 11.1. The molecular formula is C13H24NO+. The molecule has 0 heterocycles. The predicted octanol–water partition coefficient (Wildman–Crippen LogP) is 2.83. The highest BCUT2D eigenvalue weighted by atomic mass is 16.5. The molecule has 2 heteroatoms. The molecule has 0 saturated heterocycles. The number of allylic oxidation sites excluding steroid dienone is 1. The molecule has 2 atom stereocenters. The fraction of sp³-hybridized carbons (Fsp3) is 0.769. The Kier molecular flexibility index (Phi) is 2.99. The zero-order valence-corrected chi connectivity index (χ0v) is 11.1. The van der Waals surface area contributed by atoms with Gasteiger partial charge in [0.05, 0.1) is 19.4 Å². The summed E-state index contributed by atoms with van der Waals surface area (Å²) in [4.78, 5) is 0. The van der Waals surface area contributed by atoms with Crippen molar-refractivity contribution in [2.45, 2.75) is 46.6 Å². The van der Waals surface area contributed by atoms with Crippen molar-refractivity contribution in [1.29, 1.82) is 0 Å². The van der Waals surface area contributed by atoms with Crippen LogP contribution in [0.5, 0.6) is 0 Å². The quantitative estimate of drug-likeness (QED) is 0.295. The molecule has 1 fully saturated rings. The molecule has 1 aliphatic carbocycles. The van der Waals surface area contributed by atoms with Crippen molar-refractivity contribution < 1.29 is 9.31 Å². The Morgan fingerprint density at radius 2 is 1.87 bits per heavy atom. The van der Waals surface area contributed by atoms with Gasteiger partial charge in [-0.05, 0) is 20.8 Å². The molecule has 2 nitrogen and oxygen atoms in total. The van der Waals surface area contributed by atoms with E-state index in [-0.39, 0.29) is 5.54 Å². The maximum absolute atomic E-state index is 5.31. The van der Waals surface area contributed by atoms with Crippen LogP contribution in [0, 0.1) is 5.41 Å². The van der Waals surface area contributed by atoms with E-state index in [2.05, 4.69) is 45.4 Å². The van der Waals surface area contributed by atoms with Crippen molar-refractivity contribution in [2.24, 2.45) is 5.41 Å². The van der Waals surface area contributed by atoms with Crippen molar-refractivity contribution in [3.63, 3.8) is 0 Å². The van der Waals surface area contributed by atoms with Crippen molar-refractivity contribution in [3.05, 3.63) is 11.6 Å². The molecule has 1 saturated carbocycles. The van der Waals surface area contributed by atoms with E-state index in [1.165, 1.54) is 12.0 Å². The Bertz CT molecular complexity index is 329. The lowest BCUT2D eigenvalue weighted by Gasteiger charge is -2.17. The molecule has 15 heavy (non-hydrogen) atoms. The molecule has 1 aliphatic rings. The molecule has 0 amide bonds. The summed E-state index contributed by atoms with van der Waals surface area (Å²) in [5.41, 5.74) is 1.99. The summed E-state index contributed by atoms with van der Waals surface area (Å²) in [6.45, 7) is 11.0. The lowest BCUT2D eigenvalue weighted by atomic mass is 9.94. The standard InChI is InChI=1S/C13H24NO/c1-8-10(2)12(4)9-13(12,5)14(6)11(3)15-7/h8H,9H2,1-7H3/q+1/b10-8+,14-11?. The normalized spacial score (nSPS) is 37.4. The third-order valence-electron chi connectivity index (χ3n) is 4.57. The summed E-state index contributed by atoms with van der Waals surface area (Å²) < 4.78 is 7.57. The van der Waals surface area contributed by atoms with Gasteiger partial charge in [-0.2, -0.15) is 4.58 Å². The van der Waals surface area contributed by atoms with Crippen molar-refractivity contribution in [1.82, 2.24) is 0 Å². The first-order valence-electron chi connectivity index (χ1n) is 5.58. The fourth-order valence-corrected chi connectivity index (χ4v) is 2.50. The van der Waals surface area contributed by atoms with Gasteiger partial charge in [-0.1, -0.05) is 11.6 Å². The minimum absolute atomic E-state index is 0.212. The van der Waals surface area contributed by atoms with Gasteiger partial charge in [0.15, 0.2) is 5.54 Å². The summed E-state index contributed by atoms with van der Waals surface area (Å²) in [5.74, 6) is 0.991. The van der Waals surface area contributed by atoms with Crippen LogP contribution in [0.4, 0.5) is 0 Å². The first-order chi connectivity index (χ1) is 6.83. The second-order valence-electron chi connectivity index (χ2n) is 5.04. The largest absolute Gasteiger partial charge is 0.452 e. The number of rotatable bonds is 2. The second-order valence-corrected chi connectivity index (χ2v) is 5.04. The van der Waals surface area contributed by atoms with Gasteiger partial charge >= 0.3 is 5.90 Å². The van der Waals surface area contributed by atoms with Gasteiger partial charge in [0.1, 0.15) is 7.05 Å². The van der Waals surface area contributed by atoms with Gasteiger partial charge in [-0.15, -0.1) is 0 Å². The van der Waals surface area contributed by atoms with E-state index in [9.17, 15) is 0 Å². The van der Waals surface area contributed by atoms with Gasteiger partial charge in [0.25, 0.3) is 0 Å². The first kappa shape index (κ1) is 12.3. The van der Waals surface area contributed by atoms with Crippen LogP contribution in [-0.4, -0.2) is 30.2 Å². The summed E-state index contributed by atoms with van der Waals surface area (Å²) in [7, 11) is 3.85. The van der Waals surface area contributed by atoms with Crippen molar-refractivity contribution >= 4 is 5.90 Å². The third kappa shape index (κ3) is 1.60. The highest BCUT2D eigenvalue weighted by Gasteiger charge is 2.70. The molecule has 0 aromatic carbocycles. The van der Waals surface area contributed by atoms with Crippen LogP contribution in [-0.2, 0) is 4.74 Å². The first-order valence-corrected chi connectivity index (χ1v) is 5.58. The van der Waals surface area contributed by atoms with Gasteiger partial charge in [-0.25, -0.2) is 0 Å². The Balaban J connectivity index is 3.02. The highest BCUT2D eigenvalue weighted by molar-refractivity contribution is 5.67. The topological polar surface area (TPSA) is 12.2 Å². The van der Waals surface area contributed by atoms with E-state index >= 15 is 0 Å². The number of nitrogens with zero attached hydrogens (tertiary/aromatic N) is 1. The zero-order chi connectivity index (χ0) is 11.9. The van der Waals surface area contributed by atoms with Gasteiger partial charge in [-0.3, -0.25) is 0 Å². The van der Waals surface area contributed by atoms with Crippen LogP contribution < -0.4 is 0 Å². The van der Waals surface area contributed by atoms with Crippen molar-refractivity contribution in [2.75, 3.05) is 14.2 Å². The van der Waals surface area contributed by atoms with Crippen LogP contribution >= 0.6 is 0 Å². The van der Waals surface area contributed by atoms with Crippen LogP contribution in [0.1, 0.15) is 41.0 Å². The second kappa shape index (κ2) is 3.66. The molecule has 0 N–H and O–H groups in total. The SMILES string of the molecule is C/C=C(\C)C1(C)CC1(C)[N+](C)=C(C)OC. The maximum atomic E-state index is 5.31. The minimum atomic E-state index is 0.212. The molecule has 0 aromatic heterocycles. The van der Waals surface area contributed by atoms with Crippen LogP contribution in [0.25, 0.3) is 0 Å². The molecule has 86 valence electrons. The van der Waals surface area contributed by atoms with Crippen LogP contribution in [0.2, 0.25) is 0 Å². The van der Waals surface area contributed by atoms with E-state index < -0.39 is 0 Å². The Morgan fingerprint density at radius 1 is 1.33 bits per heavy atom. The summed E-state index contributed by atoms with van der Waals surface area (Å²) in [6, 6.07) is 0.